The second kappa shape index (κ2) is 7.87. The van der Waals surface area contributed by atoms with E-state index in [-0.39, 0.29) is 11.8 Å². The normalized spacial score (nSPS) is 14.1. The molecular weight excluding hydrogens is 366 g/mol. The summed E-state index contributed by atoms with van der Waals surface area (Å²) in [6, 6.07) is 11.3. The highest BCUT2D eigenvalue weighted by Crippen LogP contribution is 2.18. The van der Waals surface area contributed by atoms with E-state index in [4.69, 9.17) is 0 Å². The lowest BCUT2D eigenvalue weighted by molar-refractivity contribution is 0.0532. The highest BCUT2D eigenvalue weighted by atomic mass is 16.2. The number of carbonyl (C=O) groups is 2. The third kappa shape index (κ3) is 3.89. The molecule has 7 nitrogen and oxygen atoms in total. The van der Waals surface area contributed by atoms with E-state index < -0.39 is 0 Å². The van der Waals surface area contributed by atoms with Crippen molar-refractivity contribution in [2.45, 2.75) is 13.8 Å². The molecule has 4 rings (SSSR count). The van der Waals surface area contributed by atoms with Crippen molar-refractivity contribution >= 4 is 11.8 Å². The van der Waals surface area contributed by atoms with Crippen LogP contribution in [0.3, 0.4) is 0 Å². The molecule has 0 atom stereocenters. The van der Waals surface area contributed by atoms with Gasteiger partial charge >= 0.3 is 0 Å². The second-order valence-corrected chi connectivity index (χ2v) is 7.31. The molecule has 1 saturated heterocycles. The predicted octanol–water partition coefficient (Wildman–Crippen LogP) is 2.69. The average molecular weight is 389 g/mol. The standard InChI is InChI=1S/C22H23N5O2/c1-15-5-6-18(16(2)12-15)21(28)26-8-10-27(11-9-26)22(29)20-13-19(24-25-20)17-4-3-7-23-14-17/h3-7,12-14H,8-11H2,1-2H3,(H,24,25). The van der Waals surface area contributed by atoms with Gasteiger partial charge in [0.05, 0.1) is 5.69 Å². The fraction of sp³-hybridized carbons (Fsp3) is 0.273. The molecule has 1 N–H and O–H groups in total. The molecule has 2 amide bonds. The van der Waals surface area contributed by atoms with Gasteiger partial charge in [-0.25, -0.2) is 0 Å². The van der Waals surface area contributed by atoms with E-state index in [1.54, 1.807) is 23.4 Å². The Morgan fingerprint density at radius 3 is 2.34 bits per heavy atom. The van der Waals surface area contributed by atoms with E-state index in [0.717, 1.165) is 22.3 Å². The zero-order valence-corrected chi connectivity index (χ0v) is 16.6. The molecule has 0 bridgehead atoms. The minimum absolute atomic E-state index is 0.0232. The first-order chi connectivity index (χ1) is 14.0. The third-order valence-electron chi connectivity index (χ3n) is 5.23. The minimum atomic E-state index is -0.105. The van der Waals surface area contributed by atoms with Gasteiger partial charge in [-0.05, 0) is 43.7 Å². The lowest BCUT2D eigenvalue weighted by atomic mass is 10.0. The number of hydrogen-bond acceptors (Lipinski definition) is 4. The van der Waals surface area contributed by atoms with Gasteiger partial charge in [-0.3, -0.25) is 19.7 Å². The second-order valence-electron chi connectivity index (χ2n) is 7.31. The Bertz CT molecular complexity index is 1040. The van der Waals surface area contributed by atoms with E-state index in [9.17, 15) is 9.59 Å². The summed E-state index contributed by atoms with van der Waals surface area (Å²) in [6.07, 6.45) is 3.41. The summed E-state index contributed by atoms with van der Waals surface area (Å²) < 4.78 is 0. The first kappa shape index (κ1) is 18.9. The Labute approximate surface area is 169 Å². The number of carbonyl (C=O) groups excluding carboxylic acids is 2. The number of nitrogens with zero attached hydrogens (tertiary/aromatic N) is 4. The van der Waals surface area contributed by atoms with E-state index in [0.29, 0.717) is 37.6 Å². The Kier molecular flexibility index (Phi) is 5.12. The number of aryl methyl sites for hydroxylation is 2. The van der Waals surface area contributed by atoms with Crippen LogP contribution < -0.4 is 0 Å². The molecule has 3 heterocycles. The number of nitrogens with one attached hydrogen (secondary N) is 1. The van der Waals surface area contributed by atoms with Crippen LogP contribution in [-0.2, 0) is 0 Å². The first-order valence-electron chi connectivity index (χ1n) is 9.64. The van der Waals surface area contributed by atoms with Gasteiger partial charge < -0.3 is 9.80 Å². The van der Waals surface area contributed by atoms with E-state index >= 15 is 0 Å². The molecule has 0 unspecified atom stereocenters. The van der Waals surface area contributed by atoms with Gasteiger partial charge in [-0.15, -0.1) is 0 Å². The zero-order valence-electron chi connectivity index (χ0n) is 16.6. The van der Waals surface area contributed by atoms with Crippen molar-refractivity contribution in [2.75, 3.05) is 26.2 Å². The summed E-state index contributed by atoms with van der Waals surface area (Å²) in [6.45, 7) is 6.00. The van der Waals surface area contributed by atoms with Crippen molar-refractivity contribution in [3.63, 3.8) is 0 Å². The molecule has 0 spiro atoms. The van der Waals surface area contributed by atoms with Gasteiger partial charge in [-0.2, -0.15) is 5.10 Å². The molecular formula is C22H23N5O2. The number of piperazine rings is 1. The molecule has 1 aromatic carbocycles. The molecule has 2 aromatic heterocycles. The van der Waals surface area contributed by atoms with Crippen molar-refractivity contribution in [1.82, 2.24) is 25.0 Å². The molecule has 1 aliphatic heterocycles. The summed E-state index contributed by atoms with van der Waals surface area (Å²) >= 11 is 0. The molecule has 29 heavy (non-hydrogen) atoms. The summed E-state index contributed by atoms with van der Waals surface area (Å²) in [7, 11) is 0. The number of H-pyrrole nitrogens is 1. The number of pyridine rings is 1. The zero-order chi connectivity index (χ0) is 20.4. The smallest absolute Gasteiger partial charge is 0.272 e. The SMILES string of the molecule is Cc1ccc(C(=O)N2CCN(C(=O)c3cc(-c4cccnc4)n[nH]3)CC2)c(C)c1. The molecule has 0 radical (unpaired) electrons. The molecule has 7 heteroatoms. The largest absolute Gasteiger partial charge is 0.335 e. The van der Waals surface area contributed by atoms with Crippen LogP contribution in [0.2, 0.25) is 0 Å². The summed E-state index contributed by atoms with van der Waals surface area (Å²) in [5.41, 5.74) is 4.83. The van der Waals surface area contributed by atoms with Gasteiger partial charge in [0.15, 0.2) is 0 Å². The molecule has 148 valence electrons. The molecule has 1 aliphatic rings. The summed E-state index contributed by atoms with van der Waals surface area (Å²) in [5.74, 6) is -0.0822. The lowest BCUT2D eigenvalue weighted by Gasteiger charge is -2.34. The Morgan fingerprint density at radius 2 is 1.69 bits per heavy atom. The van der Waals surface area contributed by atoms with Crippen LogP contribution >= 0.6 is 0 Å². The van der Waals surface area contributed by atoms with Crippen molar-refractivity contribution in [2.24, 2.45) is 0 Å². The molecule has 1 fully saturated rings. The number of aromatic nitrogens is 3. The maximum absolute atomic E-state index is 12.8. The topological polar surface area (TPSA) is 82.2 Å². The van der Waals surface area contributed by atoms with Crippen LogP contribution in [0.5, 0.6) is 0 Å². The molecule has 0 saturated carbocycles. The Morgan fingerprint density at radius 1 is 0.966 bits per heavy atom. The van der Waals surface area contributed by atoms with Crippen LogP contribution in [0.1, 0.15) is 32.0 Å². The minimum Gasteiger partial charge on any atom is -0.335 e. The quantitative estimate of drug-likeness (QED) is 0.747. The van der Waals surface area contributed by atoms with Crippen LogP contribution in [0.25, 0.3) is 11.3 Å². The van der Waals surface area contributed by atoms with Crippen LogP contribution in [0.15, 0.2) is 48.8 Å². The highest BCUT2D eigenvalue weighted by molar-refractivity contribution is 5.96. The van der Waals surface area contributed by atoms with Gasteiger partial charge in [0.2, 0.25) is 0 Å². The maximum Gasteiger partial charge on any atom is 0.272 e. The van der Waals surface area contributed by atoms with Gasteiger partial charge in [0, 0.05) is 49.7 Å². The summed E-state index contributed by atoms with van der Waals surface area (Å²) in [4.78, 5) is 33.3. The predicted molar refractivity (Wildman–Crippen MR) is 110 cm³/mol. The van der Waals surface area contributed by atoms with E-state index in [1.807, 2.05) is 49.1 Å². The number of aromatic amines is 1. The van der Waals surface area contributed by atoms with Gasteiger partial charge in [-0.1, -0.05) is 17.7 Å². The number of hydrogen-bond donors (Lipinski definition) is 1. The Hall–Kier alpha value is -3.48. The van der Waals surface area contributed by atoms with E-state index in [2.05, 4.69) is 15.2 Å². The maximum atomic E-state index is 12.8. The number of amides is 2. The molecule has 0 aliphatic carbocycles. The van der Waals surface area contributed by atoms with Crippen molar-refractivity contribution in [3.05, 3.63) is 71.2 Å². The van der Waals surface area contributed by atoms with Crippen LogP contribution in [0.4, 0.5) is 0 Å². The van der Waals surface area contributed by atoms with Crippen molar-refractivity contribution in [1.29, 1.82) is 0 Å². The number of benzene rings is 1. The lowest BCUT2D eigenvalue weighted by Crippen LogP contribution is -2.50. The van der Waals surface area contributed by atoms with E-state index in [1.165, 1.54) is 0 Å². The monoisotopic (exact) mass is 389 g/mol. The van der Waals surface area contributed by atoms with Crippen molar-refractivity contribution < 1.29 is 9.59 Å². The highest BCUT2D eigenvalue weighted by Gasteiger charge is 2.27. The fourth-order valence-electron chi connectivity index (χ4n) is 3.60. The van der Waals surface area contributed by atoms with Crippen molar-refractivity contribution in [3.8, 4) is 11.3 Å². The summed E-state index contributed by atoms with van der Waals surface area (Å²) in [5, 5.41) is 7.05. The average Bonchev–Trinajstić information content (AvgIpc) is 3.24. The van der Waals surface area contributed by atoms with Gasteiger partial charge in [0.1, 0.15) is 5.69 Å². The molecule has 3 aromatic rings. The van der Waals surface area contributed by atoms with Crippen LogP contribution in [-0.4, -0.2) is 63.0 Å². The Balaban J connectivity index is 1.40. The fourth-order valence-corrected chi connectivity index (χ4v) is 3.60. The van der Waals surface area contributed by atoms with Crippen LogP contribution in [0, 0.1) is 13.8 Å². The third-order valence-corrected chi connectivity index (χ3v) is 5.23. The number of rotatable bonds is 3. The first-order valence-corrected chi connectivity index (χ1v) is 9.64. The van der Waals surface area contributed by atoms with Gasteiger partial charge in [0.25, 0.3) is 11.8 Å².